The zero-order chi connectivity index (χ0) is 15.4. The largest absolute Gasteiger partial charge is 0.317 e. The summed E-state index contributed by atoms with van der Waals surface area (Å²) in [5.41, 5.74) is 0.849. The van der Waals surface area contributed by atoms with Crippen LogP contribution in [0.5, 0.6) is 0 Å². The van der Waals surface area contributed by atoms with Crippen LogP contribution in [0.2, 0.25) is 0 Å². The van der Waals surface area contributed by atoms with Gasteiger partial charge in [-0.1, -0.05) is 45.8 Å². The Hall–Kier alpha value is -1.10. The molecule has 0 aliphatic rings. The summed E-state index contributed by atoms with van der Waals surface area (Å²) in [6.45, 7) is 0. The van der Waals surface area contributed by atoms with Crippen molar-refractivity contribution in [2.45, 2.75) is 5.75 Å². The number of carbonyl (C=O) groups excluding carboxylic acids is 1. The van der Waals surface area contributed by atoms with Crippen LogP contribution in [0, 0.1) is 0 Å². The predicted molar refractivity (Wildman–Crippen MR) is 77.8 cm³/mol. The van der Waals surface area contributed by atoms with Crippen LogP contribution in [0.3, 0.4) is 0 Å². The van der Waals surface area contributed by atoms with Crippen LogP contribution in [-0.4, -0.2) is 39.1 Å². The summed E-state index contributed by atoms with van der Waals surface area (Å²) in [5, 5.41) is -0.843. The van der Waals surface area contributed by atoms with Gasteiger partial charge in [0.2, 0.25) is 10.0 Å². The topological polar surface area (TPSA) is 101 Å². The third-order valence-corrected chi connectivity index (χ3v) is 6.66. The van der Waals surface area contributed by atoms with Gasteiger partial charge in [-0.25, -0.2) is 13.1 Å². The lowest BCUT2D eigenvalue weighted by Crippen LogP contribution is -2.42. The maximum absolute atomic E-state index is 11.6. The van der Waals surface area contributed by atoms with Gasteiger partial charge < -0.3 is 0 Å². The second-order valence-corrected chi connectivity index (χ2v) is 8.71. The molecule has 0 heterocycles. The number of nitrogens with one attached hydrogen (secondary N) is 1. The summed E-state index contributed by atoms with van der Waals surface area (Å²) in [6.07, 6.45) is 0.730. The maximum Gasteiger partial charge on any atom is 0.317 e. The minimum absolute atomic E-state index is 0.112. The van der Waals surface area contributed by atoms with Crippen molar-refractivity contribution in [1.82, 2.24) is 8.43 Å². The van der Waals surface area contributed by atoms with Gasteiger partial charge in [-0.05, 0) is 5.56 Å². The lowest BCUT2D eigenvalue weighted by Gasteiger charge is -2.14. The van der Waals surface area contributed by atoms with Crippen LogP contribution in [0.15, 0.2) is 30.3 Å². The number of amides is 1. The SMILES string of the molecule is CN(S(C)(=O)=O)S(=O)(=O)NC(=O)SCc1ccccc1. The van der Waals surface area contributed by atoms with E-state index in [1.54, 1.807) is 29.0 Å². The van der Waals surface area contributed by atoms with Crippen LogP contribution in [0.4, 0.5) is 4.79 Å². The zero-order valence-corrected chi connectivity index (χ0v) is 13.3. The molecule has 0 unspecified atom stereocenters. The molecule has 0 radical (unpaired) electrons. The lowest BCUT2D eigenvalue weighted by atomic mass is 10.2. The second kappa shape index (κ2) is 6.57. The first-order valence-corrected chi connectivity index (χ1v) is 9.58. The molecular weight excluding hydrogens is 324 g/mol. The number of thioether (sulfide) groups is 1. The minimum atomic E-state index is -4.40. The average molecular weight is 338 g/mol. The van der Waals surface area contributed by atoms with E-state index < -0.39 is 25.5 Å². The van der Waals surface area contributed by atoms with Crippen molar-refractivity contribution in [3.05, 3.63) is 35.9 Å². The second-order valence-electron chi connectivity index (χ2n) is 3.81. The summed E-state index contributed by atoms with van der Waals surface area (Å²) in [6, 6.07) is 8.98. The van der Waals surface area contributed by atoms with Crippen molar-refractivity contribution in [3.8, 4) is 0 Å². The normalized spacial score (nSPS) is 12.3. The molecule has 1 aromatic rings. The summed E-state index contributed by atoms with van der Waals surface area (Å²) < 4.78 is 47.2. The Morgan fingerprint density at radius 1 is 1.20 bits per heavy atom. The number of nitrogens with zero attached hydrogens (tertiary/aromatic N) is 1. The highest BCUT2D eigenvalue weighted by Crippen LogP contribution is 2.13. The molecule has 0 fully saturated rings. The first kappa shape index (κ1) is 17.0. The van der Waals surface area contributed by atoms with Crippen molar-refractivity contribution in [2.75, 3.05) is 13.3 Å². The van der Waals surface area contributed by atoms with E-state index in [9.17, 15) is 21.6 Å². The molecule has 1 N–H and O–H groups in total. The molecule has 7 nitrogen and oxygen atoms in total. The summed E-state index contributed by atoms with van der Waals surface area (Å²) in [4.78, 5) is 11.5. The molecule has 10 heteroatoms. The monoisotopic (exact) mass is 338 g/mol. The molecule has 1 aromatic carbocycles. The molecule has 0 aliphatic heterocycles. The Morgan fingerprint density at radius 2 is 1.75 bits per heavy atom. The van der Waals surface area contributed by atoms with Gasteiger partial charge in [0.05, 0.1) is 6.26 Å². The number of hydrogen-bond acceptors (Lipinski definition) is 6. The fourth-order valence-corrected chi connectivity index (χ4v) is 4.02. The smallest absolute Gasteiger partial charge is 0.261 e. The van der Waals surface area contributed by atoms with Crippen LogP contribution < -0.4 is 4.72 Å². The van der Waals surface area contributed by atoms with Gasteiger partial charge in [-0.3, -0.25) is 4.79 Å². The molecular formula is C10H14N2O5S3. The van der Waals surface area contributed by atoms with E-state index in [4.69, 9.17) is 0 Å². The van der Waals surface area contributed by atoms with Crippen molar-refractivity contribution < 1.29 is 21.6 Å². The highest BCUT2D eigenvalue weighted by Gasteiger charge is 2.28. The van der Waals surface area contributed by atoms with E-state index in [0.717, 1.165) is 30.6 Å². The third-order valence-electron chi connectivity index (χ3n) is 2.23. The predicted octanol–water partition coefficient (Wildman–Crippen LogP) is 0.766. The molecule has 0 saturated carbocycles. The van der Waals surface area contributed by atoms with Gasteiger partial charge in [0.1, 0.15) is 0 Å². The van der Waals surface area contributed by atoms with Gasteiger partial charge in [-0.2, -0.15) is 8.42 Å². The van der Waals surface area contributed by atoms with Crippen molar-refractivity contribution in [2.24, 2.45) is 0 Å². The van der Waals surface area contributed by atoms with E-state index >= 15 is 0 Å². The Labute approximate surface area is 122 Å². The highest BCUT2D eigenvalue weighted by molar-refractivity contribution is 8.14. The summed E-state index contributed by atoms with van der Waals surface area (Å²) in [5.74, 6) is 0.283. The van der Waals surface area contributed by atoms with E-state index in [1.165, 1.54) is 0 Å². The van der Waals surface area contributed by atoms with Crippen LogP contribution in [0.1, 0.15) is 5.56 Å². The number of rotatable bonds is 5. The molecule has 0 saturated heterocycles. The molecule has 1 amide bonds. The first-order chi connectivity index (χ1) is 9.13. The molecule has 112 valence electrons. The summed E-state index contributed by atoms with van der Waals surface area (Å²) in [7, 11) is -7.49. The fourth-order valence-electron chi connectivity index (χ4n) is 1.10. The Kier molecular flexibility index (Phi) is 5.57. The molecule has 0 aromatic heterocycles. The first-order valence-electron chi connectivity index (χ1n) is 5.30. The van der Waals surface area contributed by atoms with Gasteiger partial charge in [0, 0.05) is 12.8 Å². The van der Waals surface area contributed by atoms with E-state index in [2.05, 4.69) is 0 Å². The Bertz CT molecular complexity index is 670. The zero-order valence-electron chi connectivity index (χ0n) is 10.8. The van der Waals surface area contributed by atoms with Gasteiger partial charge >= 0.3 is 10.2 Å². The van der Waals surface area contributed by atoms with Gasteiger partial charge in [-0.15, -0.1) is 0 Å². The standard InChI is InChI=1S/C10H14N2O5S3/c1-12(19(2,14)15)20(16,17)11-10(13)18-8-9-6-4-3-5-7-9/h3-7H,8H2,1-2H3,(H,11,13). The number of benzene rings is 1. The quantitative estimate of drug-likeness (QED) is 0.851. The minimum Gasteiger partial charge on any atom is -0.261 e. The van der Waals surface area contributed by atoms with Gasteiger partial charge in [0.25, 0.3) is 5.24 Å². The Balaban J connectivity index is 2.63. The molecule has 0 aliphatic carbocycles. The Morgan fingerprint density at radius 3 is 2.25 bits per heavy atom. The summed E-state index contributed by atoms with van der Waals surface area (Å²) >= 11 is 0.734. The molecule has 0 spiro atoms. The maximum atomic E-state index is 11.6. The third kappa shape index (κ3) is 5.12. The van der Waals surface area contributed by atoms with Crippen molar-refractivity contribution >= 4 is 37.2 Å². The van der Waals surface area contributed by atoms with E-state index in [-0.39, 0.29) is 9.46 Å². The number of sulfonamides is 1. The molecule has 20 heavy (non-hydrogen) atoms. The average Bonchev–Trinajstić information content (AvgIpc) is 2.35. The van der Waals surface area contributed by atoms with Gasteiger partial charge in [0.15, 0.2) is 0 Å². The van der Waals surface area contributed by atoms with E-state index in [0.29, 0.717) is 0 Å². The van der Waals surface area contributed by atoms with Crippen molar-refractivity contribution in [1.29, 1.82) is 0 Å². The highest BCUT2D eigenvalue weighted by atomic mass is 32.3. The lowest BCUT2D eigenvalue weighted by molar-refractivity contribution is 0.264. The number of hydrogen-bond donors (Lipinski definition) is 1. The van der Waals surface area contributed by atoms with Crippen LogP contribution >= 0.6 is 11.8 Å². The van der Waals surface area contributed by atoms with E-state index in [1.807, 2.05) is 6.07 Å². The van der Waals surface area contributed by atoms with Crippen LogP contribution in [-0.2, 0) is 26.0 Å². The number of carbonyl (C=O) groups is 1. The van der Waals surface area contributed by atoms with Crippen molar-refractivity contribution in [3.63, 3.8) is 0 Å². The molecule has 1 rings (SSSR count). The fraction of sp³-hybridized carbons (Fsp3) is 0.300. The molecule has 0 atom stereocenters. The molecule has 0 bridgehead atoms. The van der Waals surface area contributed by atoms with Crippen LogP contribution in [0.25, 0.3) is 0 Å².